The van der Waals surface area contributed by atoms with Gasteiger partial charge in [0.25, 0.3) is 5.91 Å². The molecule has 1 N–H and O–H groups in total. The van der Waals surface area contributed by atoms with Gasteiger partial charge in [-0.05, 0) is 67.3 Å². The van der Waals surface area contributed by atoms with Crippen LogP contribution in [0.4, 0.5) is 18.9 Å². The fraction of sp³-hybridized carbons (Fsp3) is 0.143. The van der Waals surface area contributed by atoms with Gasteiger partial charge >= 0.3 is 6.18 Å². The second-order valence-corrected chi connectivity index (χ2v) is 9.33. The number of benzene rings is 2. The van der Waals surface area contributed by atoms with E-state index < -0.39 is 17.6 Å². The zero-order valence-corrected chi connectivity index (χ0v) is 21.5. The lowest BCUT2D eigenvalue weighted by atomic mass is 10.0. The summed E-state index contributed by atoms with van der Waals surface area (Å²) in [6.07, 6.45) is 0.182. The van der Waals surface area contributed by atoms with Crippen LogP contribution < -0.4 is 5.32 Å². The van der Waals surface area contributed by atoms with Crippen LogP contribution in [0.5, 0.6) is 0 Å². The summed E-state index contributed by atoms with van der Waals surface area (Å²) in [5.41, 5.74) is 2.15. The fourth-order valence-corrected chi connectivity index (χ4v) is 4.15. The quantitative estimate of drug-likeness (QED) is 0.283. The van der Waals surface area contributed by atoms with Crippen molar-refractivity contribution in [3.05, 3.63) is 112 Å². The van der Waals surface area contributed by atoms with Crippen LogP contribution in [0.2, 0.25) is 5.02 Å². The number of amides is 1. The van der Waals surface area contributed by atoms with E-state index in [1.165, 1.54) is 18.5 Å². The average Bonchev–Trinajstić information content (AvgIpc) is 3.48. The Morgan fingerprint density at radius 2 is 1.85 bits per heavy atom. The van der Waals surface area contributed by atoms with Crippen LogP contribution in [-0.2, 0) is 12.7 Å². The number of imidazole rings is 1. The van der Waals surface area contributed by atoms with Crippen molar-refractivity contribution in [3.63, 3.8) is 0 Å². The number of hydrogen-bond donors (Lipinski definition) is 1. The topological polar surface area (TPSA) is 77.1 Å². The lowest BCUT2D eigenvalue weighted by molar-refractivity contribution is -0.138. The first-order valence-electron chi connectivity index (χ1n) is 11.7. The Hall–Kier alpha value is -4.62. The minimum atomic E-state index is -4.60. The third-order valence-corrected chi connectivity index (χ3v) is 6.19. The number of anilines is 1. The SMILES string of the molecule is Cc1cn(Cc2ccc(NC(=O)c3ccc(C)c(C#Cc4nnc5ccc(Cl)cn45)c3)cc2C(F)(F)F)cn1. The molecule has 2 aromatic carbocycles. The molecule has 5 aromatic rings. The Bertz CT molecular complexity index is 1780. The van der Waals surface area contributed by atoms with Gasteiger partial charge < -0.3 is 9.88 Å². The number of nitrogens with zero attached hydrogens (tertiary/aromatic N) is 5. The molecular weight excluding hydrogens is 529 g/mol. The van der Waals surface area contributed by atoms with Gasteiger partial charge in [-0.1, -0.05) is 29.7 Å². The number of aromatic nitrogens is 5. The lowest BCUT2D eigenvalue weighted by Gasteiger charge is -2.15. The van der Waals surface area contributed by atoms with Crippen molar-refractivity contribution in [3.8, 4) is 11.8 Å². The van der Waals surface area contributed by atoms with Crippen molar-refractivity contribution < 1.29 is 18.0 Å². The highest BCUT2D eigenvalue weighted by Crippen LogP contribution is 2.34. The van der Waals surface area contributed by atoms with Crippen molar-refractivity contribution in [1.82, 2.24) is 24.1 Å². The van der Waals surface area contributed by atoms with Crippen molar-refractivity contribution >= 4 is 28.8 Å². The number of fused-ring (bicyclic) bond motifs is 1. The molecule has 5 rings (SSSR count). The van der Waals surface area contributed by atoms with Crippen molar-refractivity contribution in [2.24, 2.45) is 0 Å². The van der Waals surface area contributed by atoms with Gasteiger partial charge in [0.2, 0.25) is 5.82 Å². The highest BCUT2D eigenvalue weighted by atomic mass is 35.5. The van der Waals surface area contributed by atoms with Crippen molar-refractivity contribution in [2.75, 3.05) is 5.32 Å². The van der Waals surface area contributed by atoms with E-state index in [1.54, 1.807) is 58.6 Å². The van der Waals surface area contributed by atoms with Crippen LogP contribution in [0.15, 0.2) is 67.3 Å². The van der Waals surface area contributed by atoms with Gasteiger partial charge in [-0.3, -0.25) is 9.20 Å². The van der Waals surface area contributed by atoms with Crippen molar-refractivity contribution in [1.29, 1.82) is 0 Å². The minimum absolute atomic E-state index is 0.00254. The predicted molar refractivity (Wildman–Crippen MR) is 141 cm³/mol. The molecule has 0 unspecified atom stereocenters. The Balaban J connectivity index is 1.39. The first-order valence-corrected chi connectivity index (χ1v) is 12.1. The monoisotopic (exact) mass is 548 g/mol. The summed E-state index contributed by atoms with van der Waals surface area (Å²) >= 11 is 6.06. The summed E-state index contributed by atoms with van der Waals surface area (Å²) in [6.45, 7) is 3.59. The van der Waals surface area contributed by atoms with Crippen LogP contribution in [0.1, 0.15) is 44.1 Å². The number of nitrogens with one attached hydrogen (secondary N) is 1. The third-order valence-electron chi connectivity index (χ3n) is 5.96. The maximum absolute atomic E-state index is 13.8. The second-order valence-electron chi connectivity index (χ2n) is 8.89. The first-order chi connectivity index (χ1) is 18.6. The van der Waals surface area contributed by atoms with Gasteiger partial charge in [0.05, 0.1) is 22.6 Å². The molecule has 0 saturated heterocycles. The summed E-state index contributed by atoms with van der Waals surface area (Å²) in [5.74, 6) is 5.73. The predicted octanol–water partition coefficient (Wildman–Crippen LogP) is 5.92. The van der Waals surface area contributed by atoms with Gasteiger partial charge in [0, 0.05) is 35.8 Å². The number of alkyl halides is 3. The van der Waals surface area contributed by atoms with E-state index in [2.05, 4.69) is 32.3 Å². The molecule has 0 aliphatic heterocycles. The summed E-state index contributed by atoms with van der Waals surface area (Å²) in [7, 11) is 0. The van der Waals surface area contributed by atoms with E-state index in [0.29, 0.717) is 27.8 Å². The van der Waals surface area contributed by atoms with E-state index in [1.807, 2.05) is 6.92 Å². The van der Waals surface area contributed by atoms with Crippen LogP contribution in [0, 0.1) is 25.7 Å². The number of halogens is 4. The molecule has 3 aromatic heterocycles. The standard InChI is InChI=1S/C28H20ClF3N6O/c1-17-3-4-20(11-19(17)6-9-25-35-36-26-10-7-22(29)15-38(25)26)27(39)34-23-8-5-21(24(12-23)28(30,31)32)14-37-13-18(2)33-16-37/h3-5,7-8,10-13,15-16H,14H2,1-2H3,(H,34,39). The molecule has 0 bridgehead atoms. The maximum Gasteiger partial charge on any atom is 0.416 e. The molecule has 196 valence electrons. The zero-order chi connectivity index (χ0) is 27.7. The Labute approximate surface area is 226 Å². The Kier molecular flexibility index (Phi) is 6.85. The number of carbonyl (C=O) groups excluding carboxylic acids is 1. The number of hydrogen-bond acceptors (Lipinski definition) is 4. The highest BCUT2D eigenvalue weighted by molar-refractivity contribution is 6.30. The van der Waals surface area contributed by atoms with Gasteiger partial charge in [-0.25, -0.2) is 4.98 Å². The maximum atomic E-state index is 13.8. The van der Waals surface area contributed by atoms with E-state index >= 15 is 0 Å². The first kappa shape index (κ1) is 26.0. The third kappa shape index (κ3) is 5.78. The number of pyridine rings is 1. The van der Waals surface area contributed by atoms with Gasteiger partial charge in [0.1, 0.15) is 0 Å². The van der Waals surface area contributed by atoms with Gasteiger partial charge in [-0.15, -0.1) is 10.2 Å². The summed E-state index contributed by atoms with van der Waals surface area (Å²) in [4.78, 5) is 17.0. The normalized spacial score (nSPS) is 11.3. The van der Waals surface area contributed by atoms with Crippen LogP contribution >= 0.6 is 11.6 Å². The molecule has 39 heavy (non-hydrogen) atoms. The molecule has 7 nitrogen and oxygen atoms in total. The second kappa shape index (κ2) is 10.3. The summed E-state index contributed by atoms with van der Waals surface area (Å²) < 4.78 is 44.8. The molecule has 0 spiro atoms. The minimum Gasteiger partial charge on any atom is -0.333 e. The average molecular weight is 549 g/mol. The lowest BCUT2D eigenvalue weighted by Crippen LogP contribution is -2.15. The van der Waals surface area contributed by atoms with Crippen LogP contribution in [0.3, 0.4) is 0 Å². The molecule has 3 heterocycles. The van der Waals surface area contributed by atoms with E-state index in [-0.39, 0.29) is 23.4 Å². The summed E-state index contributed by atoms with van der Waals surface area (Å²) in [5, 5.41) is 11.2. The molecule has 0 radical (unpaired) electrons. The Morgan fingerprint density at radius 3 is 2.59 bits per heavy atom. The fourth-order valence-electron chi connectivity index (χ4n) is 3.99. The largest absolute Gasteiger partial charge is 0.416 e. The van der Waals surface area contributed by atoms with E-state index in [9.17, 15) is 18.0 Å². The highest BCUT2D eigenvalue weighted by Gasteiger charge is 2.33. The van der Waals surface area contributed by atoms with Gasteiger partial charge in [-0.2, -0.15) is 13.2 Å². The summed E-state index contributed by atoms with van der Waals surface area (Å²) in [6, 6.07) is 12.0. The molecule has 1 amide bonds. The van der Waals surface area contributed by atoms with E-state index in [4.69, 9.17) is 11.6 Å². The zero-order valence-electron chi connectivity index (χ0n) is 20.7. The van der Waals surface area contributed by atoms with Crippen LogP contribution in [-0.4, -0.2) is 30.1 Å². The molecule has 0 aliphatic carbocycles. The molecule has 0 saturated carbocycles. The molecule has 0 atom stereocenters. The molecule has 0 fully saturated rings. The smallest absolute Gasteiger partial charge is 0.333 e. The number of rotatable bonds is 4. The van der Waals surface area contributed by atoms with Crippen LogP contribution in [0.25, 0.3) is 5.65 Å². The van der Waals surface area contributed by atoms with Crippen molar-refractivity contribution in [2.45, 2.75) is 26.6 Å². The molecule has 11 heteroatoms. The Morgan fingerprint density at radius 1 is 1.03 bits per heavy atom. The van der Waals surface area contributed by atoms with E-state index in [0.717, 1.165) is 11.6 Å². The van der Waals surface area contributed by atoms with Gasteiger partial charge in [0.15, 0.2) is 5.65 Å². The molecular formula is C28H20ClF3N6O. The number of carbonyl (C=O) groups is 1. The molecule has 0 aliphatic rings. The number of aryl methyl sites for hydroxylation is 2.